The Morgan fingerprint density at radius 3 is 3.05 bits per heavy atom. The molecule has 1 heterocycles. The molecule has 0 fully saturated rings. The summed E-state index contributed by atoms with van der Waals surface area (Å²) in [6, 6.07) is 5.64. The highest BCUT2D eigenvalue weighted by molar-refractivity contribution is 5.99. The second kappa shape index (κ2) is 7.05. The summed E-state index contributed by atoms with van der Waals surface area (Å²) in [5.41, 5.74) is 2.74. The molecule has 20 heavy (non-hydrogen) atoms. The van der Waals surface area contributed by atoms with E-state index in [9.17, 15) is 9.59 Å². The zero-order chi connectivity index (χ0) is 14.4. The molecule has 1 aromatic carbocycles. The van der Waals surface area contributed by atoms with Gasteiger partial charge in [-0.25, -0.2) is 0 Å². The summed E-state index contributed by atoms with van der Waals surface area (Å²) >= 11 is 0. The van der Waals surface area contributed by atoms with E-state index in [1.807, 2.05) is 25.1 Å². The molecular formula is C15H20N2O3. The molecule has 0 atom stereocenters. The van der Waals surface area contributed by atoms with E-state index in [-0.39, 0.29) is 11.8 Å². The van der Waals surface area contributed by atoms with Gasteiger partial charge in [0.05, 0.1) is 19.4 Å². The molecule has 5 heteroatoms. The predicted molar refractivity (Wildman–Crippen MR) is 76.6 cm³/mol. The molecule has 2 rings (SSSR count). The van der Waals surface area contributed by atoms with Crippen LogP contribution >= 0.6 is 0 Å². The van der Waals surface area contributed by atoms with E-state index in [2.05, 4.69) is 10.6 Å². The first-order valence-corrected chi connectivity index (χ1v) is 6.95. The van der Waals surface area contributed by atoms with Crippen LogP contribution in [0.3, 0.4) is 0 Å². The van der Waals surface area contributed by atoms with Crippen LogP contribution in [0.5, 0.6) is 0 Å². The van der Waals surface area contributed by atoms with E-state index in [4.69, 9.17) is 4.74 Å². The lowest BCUT2D eigenvalue weighted by Crippen LogP contribution is -2.28. The number of carbonyl (C=O) groups is 2. The molecule has 2 N–H and O–H groups in total. The van der Waals surface area contributed by atoms with Crippen molar-refractivity contribution in [3.63, 3.8) is 0 Å². The molecule has 0 bridgehead atoms. The van der Waals surface area contributed by atoms with Crippen molar-refractivity contribution in [3.8, 4) is 0 Å². The van der Waals surface area contributed by atoms with E-state index in [0.29, 0.717) is 26.0 Å². The summed E-state index contributed by atoms with van der Waals surface area (Å²) in [6.45, 7) is 3.85. The van der Waals surface area contributed by atoms with Gasteiger partial charge in [-0.3, -0.25) is 9.59 Å². The van der Waals surface area contributed by atoms with Crippen molar-refractivity contribution in [1.29, 1.82) is 0 Å². The van der Waals surface area contributed by atoms with Gasteiger partial charge in [-0.2, -0.15) is 0 Å². The molecule has 0 saturated heterocycles. The molecule has 0 aliphatic carbocycles. The maximum Gasteiger partial charge on any atom is 0.228 e. The maximum absolute atomic E-state index is 11.8. The first-order valence-electron chi connectivity index (χ1n) is 6.95. The van der Waals surface area contributed by atoms with Crippen molar-refractivity contribution in [2.24, 2.45) is 0 Å². The van der Waals surface area contributed by atoms with Crippen molar-refractivity contribution in [2.45, 2.75) is 26.2 Å². The standard InChI is InChI=1S/C15H20N2O3/c1-2-6-20-7-5-16-14(18)9-11-3-4-13-12(8-11)10-15(19)17-13/h3-4,8H,2,5-7,9-10H2,1H3,(H,16,18)(H,17,19). The number of nitrogens with one attached hydrogen (secondary N) is 2. The highest BCUT2D eigenvalue weighted by Crippen LogP contribution is 2.23. The first-order chi connectivity index (χ1) is 9.69. The highest BCUT2D eigenvalue weighted by atomic mass is 16.5. The van der Waals surface area contributed by atoms with Gasteiger partial charge in [0, 0.05) is 18.8 Å². The number of ether oxygens (including phenoxy) is 1. The fourth-order valence-electron chi connectivity index (χ4n) is 2.15. The summed E-state index contributed by atoms with van der Waals surface area (Å²) in [4.78, 5) is 23.0. The van der Waals surface area contributed by atoms with Crippen molar-refractivity contribution >= 4 is 17.5 Å². The van der Waals surface area contributed by atoms with E-state index >= 15 is 0 Å². The maximum atomic E-state index is 11.8. The number of anilines is 1. The summed E-state index contributed by atoms with van der Waals surface area (Å²) in [6.07, 6.45) is 1.71. The molecule has 1 aliphatic rings. The van der Waals surface area contributed by atoms with Crippen molar-refractivity contribution in [1.82, 2.24) is 5.32 Å². The number of fused-ring (bicyclic) bond motifs is 1. The molecule has 0 unspecified atom stereocenters. The molecule has 1 aromatic rings. The first kappa shape index (κ1) is 14.5. The van der Waals surface area contributed by atoms with E-state index in [1.54, 1.807) is 0 Å². The summed E-state index contributed by atoms with van der Waals surface area (Å²) in [7, 11) is 0. The van der Waals surface area contributed by atoms with Crippen molar-refractivity contribution < 1.29 is 14.3 Å². The summed E-state index contributed by atoms with van der Waals surface area (Å²) in [5.74, 6) is -0.0167. The Bertz CT molecular complexity index is 500. The Kier molecular flexibility index (Phi) is 5.12. The van der Waals surface area contributed by atoms with Crippen LogP contribution in [0, 0.1) is 0 Å². The van der Waals surface area contributed by atoms with Gasteiger partial charge in [0.15, 0.2) is 0 Å². The van der Waals surface area contributed by atoms with Crippen molar-refractivity contribution in [3.05, 3.63) is 29.3 Å². The minimum Gasteiger partial charge on any atom is -0.380 e. The number of rotatable bonds is 7. The molecule has 0 spiro atoms. The lowest BCUT2D eigenvalue weighted by Gasteiger charge is -2.07. The lowest BCUT2D eigenvalue weighted by molar-refractivity contribution is -0.120. The molecule has 0 aromatic heterocycles. The molecule has 0 radical (unpaired) electrons. The Hall–Kier alpha value is -1.88. The average molecular weight is 276 g/mol. The van der Waals surface area contributed by atoms with Gasteiger partial charge < -0.3 is 15.4 Å². The Labute approximate surface area is 118 Å². The molecular weight excluding hydrogens is 256 g/mol. The van der Waals surface area contributed by atoms with Crippen LogP contribution in [-0.2, 0) is 27.2 Å². The van der Waals surface area contributed by atoms with E-state index in [1.165, 1.54) is 0 Å². The van der Waals surface area contributed by atoms with Gasteiger partial charge >= 0.3 is 0 Å². The highest BCUT2D eigenvalue weighted by Gasteiger charge is 2.17. The van der Waals surface area contributed by atoms with Gasteiger partial charge in [-0.1, -0.05) is 19.1 Å². The quantitative estimate of drug-likeness (QED) is 0.737. The van der Waals surface area contributed by atoms with Crippen LogP contribution in [0.2, 0.25) is 0 Å². The third-order valence-corrected chi connectivity index (χ3v) is 3.08. The second-order valence-corrected chi connectivity index (χ2v) is 4.86. The predicted octanol–water partition coefficient (Wildman–Crippen LogP) is 1.27. The lowest BCUT2D eigenvalue weighted by atomic mass is 10.1. The summed E-state index contributed by atoms with van der Waals surface area (Å²) < 4.78 is 5.30. The Morgan fingerprint density at radius 1 is 1.40 bits per heavy atom. The number of hydrogen-bond donors (Lipinski definition) is 2. The van der Waals surface area contributed by atoms with Gasteiger partial charge in [0.2, 0.25) is 11.8 Å². The van der Waals surface area contributed by atoms with Crippen LogP contribution in [0.25, 0.3) is 0 Å². The fraction of sp³-hybridized carbons (Fsp3) is 0.467. The van der Waals surface area contributed by atoms with E-state index < -0.39 is 0 Å². The van der Waals surface area contributed by atoms with Gasteiger partial charge in [0.1, 0.15) is 0 Å². The molecule has 1 aliphatic heterocycles. The normalized spacial score (nSPS) is 12.9. The number of hydrogen-bond acceptors (Lipinski definition) is 3. The third-order valence-electron chi connectivity index (χ3n) is 3.08. The van der Waals surface area contributed by atoms with Crippen molar-refractivity contribution in [2.75, 3.05) is 25.1 Å². The Balaban J connectivity index is 1.77. The smallest absolute Gasteiger partial charge is 0.228 e. The van der Waals surface area contributed by atoms with Crippen LogP contribution in [0.4, 0.5) is 5.69 Å². The zero-order valence-corrected chi connectivity index (χ0v) is 11.7. The molecule has 5 nitrogen and oxygen atoms in total. The summed E-state index contributed by atoms with van der Waals surface area (Å²) in [5, 5.41) is 5.60. The fourth-order valence-corrected chi connectivity index (χ4v) is 2.15. The Morgan fingerprint density at radius 2 is 2.25 bits per heavy atom. The molecule has 108 valence electrons. The monoisotopic (exact) mass is 276 g/mol. The van der Waals surface area contributed by atoms with Gasteiger partial charge in [-0.05, 0) is 23.6 Å². The van der Waals surface area contributed by atoms with Gasteiger partial charge in [0.25, 0.3) is 0 Å². The van der Waals surface area contributed by atoms with Crippen LogP contribution < -0.4 is 10.6 Å². The number of benzene rings is 1. The minimum atomic E-state index is -0.0256. The average Bonchev–Trinajstić information content (AvgIpc) is 2.78. The van der Waals surface area contributed by atoms with Crippen LogP contribution in [0.1, 0.15) is 24.5 Å². The van der Waals surface area contributed by atoms with Crippen LogP contribution in [0.15, 0.2) is 18.2 Å². The topological polar surface area (TPSA) is 67.4 Å². The SMILES string of the molecule is CCCOCCNC(=O)Cc1ccc2c(c1)CC(=O)N2. The molecule has 2 amide bonds. The van der Waals surface area contributed by atoms with E-state index in [0.717, 1.165) is 29.8 Å². The second-order valence-electron chi connectivity index (χ2n) is 4.86. The zero-order valence-electron chi connectivity index (χ0n) is 11.7. The van der Waals surface area contributed by atoms with Gasteiger partial charge in [-0.15, -0.1) is 0 Å². The minimum absolute atomic E-state index is 0.00896. The number of amides is 2. The number of carbonyl (C=O) groups excluding carboxylic acids is 2. The molecule has 0 saturated carbocycles. The largest absolute Gasteiger partial charge is 0.380 e. The third kappa shape index (κ3) is 4.06. The van der Waals surface area contributed by atoms with Crippen LogP contribution in [-0.4, -0.2) is 31.6 Å².